The Morgan fingerprint density at radius 1 is 1.38 bits per heavy atom. The van der Waals surface area contributed by atoms with Crippen molar-refractivity contribution in [2.24, 2.45) is 0 Å². The Bertz CT molecular complexity index is 318. The fraction of sp³-hybridized carbons (Fsp3) is 0.500. The zero-order chi connectivity index (χ0) is 11.8. The van der Waals surface area contributed by atoms with E-state index in [4.69, 9.17) is 9.47 Å². The topological polar surface area (TPSA) is 18.5 Å². The standard InChI is InChI=1S/C12H17FO2S/c1-3-15-6-7-16-9-10-8-11(13)4-5-12(10)14-2/h4-5,8H,3,6-7,9H2,1-2H3. The first-order chi connectivity index (χ1) is 7.77. The lowest BCUT2D eigenvalue weighted by Crippen LogP contribution is -1.97. The molecule has 0 spiro atoms. The summed E-state index contributed by atoms with van der Waals surface area (Å²) in [5.41, 5.74) is 0.893. The molecule has 4 heteroatoms. The molecular weight excluding hydrogens is 227 g/mol. The molecule has 1 aromatic rings. The summed E-state index contributed by atoms with van der Waals surface area (Å²) in [6.45, 7) is 3.45. The predicted molar refractivity (Wildman–Crippen MR) is 65.6 cm³/mol. The number of halogens is 1. The molecule has 0 fully saturated rings. The second kappa shape index (κ2) is 7.52. The van der Waals surface area contributed by atoms with E-state index in [1.54, 1.807) is 24.9 Å². The zero-order valence-electron chi connectivity index (χ0n) is 9.66. The largest absolute Gasteiger partial charge is 0.496 e. The summed E-state index contributed by atoms with van der Waals surface area (Å²) in [5.74, 6) is 2.17. The molecule has 0 aliphatic heterocycles. The summed E-state index contributed by atoms with van der Waals surface area (Å²) in [4.78, 5) is 0. The van der Waals surface area contributed by atoms with E-state index in [2.05, 4.69) is 0 Å². The molecule has 16 heavy (non-hydrogen) atoms. The Kier molecular flexibility index (Phi) is 6.26. The van der Waals surface area contributed by atoms with Crippen molar-refractivity contribution in [1.29, 1.82) is 0 Å². The molecule has 0 radical (unpaired) electrons. The molecule has 0 aromatic heterocycles. The molecule has 0 aliphatic carbocycles. The van der Waals surface area contributed by atoms with E-state index in [0.717, 1.165) is 36.0 Å². The van der Waals surface area contributed by atoms with Gasteiger partial charge in [-0.15, -0.1) is 0 Å². The van der Waals surface area contributed by atoms with Crippen molar-refractivity contribution in [3.05, 3.63) is 29.6 Å². The van der Waals surface area contributed by atoms with E-state index < -0.39 is 0 Å². The van der Waals surface area contributed by atoms with Crippen LogP contribution in [0.25, 0.3) is 0 Å². The maximum absolute atomic E-state index is 13.0. The highest BCUT2D eigenvalue weighted by Gasteiger charge is 2.04. The van der Waals surface area contributed by atoms with E-state index in [1.807, 2.05) is 6.92 Å². The van der Waals surface area contributed by atoms with Crippen molar-refractivity contribution >= 4 is 11.8 Å². The average molecular weight is 244 g/mol. The van der Waals surface area contributed by atoms with Crippen LogP contribution in [-0.4, -0.2) is 26.1 Å². The molecule has 0 saturated heterocycles. The smallest absolute Gasteiger partial charge is 0.123 e. The summed E-state index contributed by atoms with van der Waals surface area (Å²) < 4.78 is 23.4. The van der Waals surface area contributed by atoms with Crippen LogP contribution >= 0.6 is 11.8 Å². The quantitative estimate of drug-likeness (QED) is 0.687. The Morgan fingerprint density at radius 2 is 2.19 bits per heavy atom. The third-order valence-corrected chi connectivity index (χ3v) is 3.05. The normalized spacial score (nSPS) is 10.4. The van der Waals surface area contributed by atoms with Gasteiger partial charge in [0.2, 0.25) is 0 Å². The van der Waals surface area contributed by atoms with E-state index in [1.165, 1.54) is 12.1 Å². The molecule has 0 heterocycles. The number of benzene rings is 1. The predicted octanol–water partition coefficient (Wildman–Crippen LogP) is 3.10. The molecule has 90 valence electrons. The van der Waals surface area contributed by atoms with Gasteiger partial charge in [-0.3, -0.25) is 0 Å². The summed E-state index contributed by atoms with van der Waals surface area (Å²) in [6, 6.07) is 4.59. The third kappa shape index (κ3) is 4.41. The Labute approximate surface area is 100 Å². The van der Waals surface area contributed by atoms with Gasteiger partial charge in [-0.2, -0.15) is 11.8 Å². The number of rotatable bonds is 7. The number of hydrogen-bond acceptors (Lipinski definition) is 3. The van der Waals surface area contributed by atoms with Crippen LogP contribution in [0.2, 0.25) is 0 Å². The number of ether oxygens (including phenoxy) is 2. The maximum atomic E-state index is 13.0. The van der Waals surface area contributed by atoms with E-state index in [0.29, 0.717) is 0 Å². The summed E-state index contributed by atoms with van der Waals surface area (Å²) in [5, 5.41) is 0. The summed E-state index contributed by atoms with van der Waals surface area (Å²) in [7, 11) is 1.60. The highest BCUT2D eigenvalue weighted by atomic mass is 32.2. The Morgan fingerprint density at radius 3 is 2.88 bits per heavy atom. The van der Waals surface area contributed by atoms with Crippen LogP contribution in [0.1, 0.15) is 12.5 Å². The third-order valence-electron chi connectivity index (χ3n) is 2.08. The lowest BCUT2D eigenvalue weighted by atomic mass is 10.2. The van der Waals surface area contributed by atoms with Gasteiger partial charge in [0.25, 0.3) is 0 Å². The van der Waals surface area contributed by atoms with Crippen LogP contribution < -0.4 is 4.74 Å². The van der Waals surface area contributed by atoms with Gasteiger partial charge in [0.1, 0.15) is 11.6 Å². The van der Waals surface area contributed by atoms with Crippen LogP contribution in [0.4, 0.5) is 4.39 Å². The molecule has 0 N–H and O–H groups in total. The number of methoxy groups -OCH3 is 1. The average Bonchev–Trinajstić information content (AvgIpc) is 2.29. The van der Waals surface area contributed by atoms with Crippen molar-refractivity contribution in [3.8, 4) is 5.75 Å². The van der Waals surface area contributed by atoms with Crippen molar-refractivity contribution in [2.75, 3.05) is 26.1 Å². The summed E-state index contributed by atoms with van der Waals surface area (Å²) >= 11 is 1.71. The van der Waals surface area contributed by atoms with Gasteiger partial charge in [0.05, 0.1) is 13.7 Å². The van der Waals surface area contributed by atoms with Crippen molar-refractivity contribution in [2.45, 2.75) is 12.7 Å². The molecule has 1 rings (SSSR count). The highest BCUT2D eigenvalue weighted by molar-refractivity contribution is 7.98. The first-order valence-corrected chi connectivity index (χ1v) is 6.41. The molecule has 0 unspecified atom stereocenters. The van der Waals surface area contributed by atoms with Crippen LogP contribution in [0.5, 0.6) is 5.75 Å². The Hall–Kier alpha value is -0.740. The molecule has 0 amide bonds. The molecule has 0 atom stereocenters. The second-order valence-corrected chi connectivity index (χ2v) is 4.31. The first-order valence-electron chi connectivity index (χ1n) is 5.25. The van der Waals surface area contributed by atoms with E-state index >= 15 is 0 Å². The minimum atomic E-state index is -0.221. The van der Waals surface area contributed by atoms with Gasteiger partial charge in [0, 0.05) is 23.7 Å². The second-order valence-electron chi connectivity index (χ2n) is 3.21. The van der Waals surface area contributed by atoms with E-state index in [9.17, 15) is 4.39 Å². The number of hydrogen-bond donors (Lipinski definition) is 0. The first kappa shape index (κ1) is 13.3. The summed E-state index contributed by atoms with van der Waals surface area (Å²) in [6.07, 6.45) is 0. The van der Waals surface area contributed by atoms with Crippen molar-refractivity contribution in [3.63, 3.8) is 0 Å². The zero-order valence-corrected chi connectivity index (χ0v) is 10.5. The van der Waals surface area contributed by atoms with Crippen molar-refractivity contribution < 1.29 is 13.9 Å². The van der Waals surface area contributed by atoms with Gasteiger partial charge < -0.3 is 9.47 Å². The van der Waals surface area contributed by atoms with Crippen LogP contribution in [-0.2, 0) is 10.5 Å². The van der Waals surface area contributed by atoms with Crippen LogP contribution in [0.3, 0.4) is 0 Å². The molecule has 1 aromatic carbocycles. The highest BCUT2D eigenvalue weighted by Crippen LogP contribution is 2.23. The minimum absolute atomic E-state index is 0.221. The number of thioether (sulfide) groups is 1. The molecule has 0 aliphatic rings. The Balaban J connectivity index is 2.42. The fourth-order valence-electron chi connectivity index (χ4n) is 1.30. The minimum Gasteiger partial charge on any atom is -0.496 e. The molecular formula is C12H17FO2S. The SMILES string of the molecule is CCOCCSCc1cc(F)ccc1OC. The van der Waals surface area contributed by atoms with Crippen LogP contribution in [0.15, 0.2) is 18.2 Å². The van der Waals surface area contributed by atoms with Crippen molar-refractivity contribution in [1.82, 2.24) is 0 Å². The molecule has 0 bridgehead atoms. The van der Waals surface area contributed by atoms with Gasteiger partial charge in [-0.25, -0.2) is 4.39 Å². The lowest BCUT2D eigenvalue weighted by Gasteiger charge is -2.08. The maximum Gasteiger partial charge on any atom is 0.123 e. The van der Waals surface area contributed by atoms with Gasteiger partial charge in [-0.1, -0.05) is 0 Å². The van der Waals surface area contributed by atoms with Gasteiger partial charge in [-0.05, 0) is 25.1 Å². The monoisotopic (exact) mass is 244 g/mol. The molecule has 2 nitrogen and oxygen atoms in total. The lowest BCUT2D eigenvalue weighted by molar-refractivity contribution is 0.164. The molecule has 0 saturated carbocycles. The fourth-order valence-corrected chi connectivity index (χ4v) is 2.13. The van der Waals surface area contributed by atoms with E-state index in [-0.39, 0.29) is 5.82 Å². The van der Waals surface area contributed by atoms with Gasteiger partial charge >= 0.3 is 0 Å². The van der Waals surface area contributed by atoms with Crippen LogP contribution in [0, 0.1) is 5.82 Å². The van der Waals surface area contributed by atoms with Gasteiger partial charge in [0.15, 0.2) is 0 Å².